The fourth-order valence-electron chi connectivity index (χ4n) is 2.62. The van der Waals surface area contributed by atoms with Crippen molar-refractivity contribution in [2.45, 2.75) is 26.9 Å². The van der Waals surface area contributed by atoms with Crippen molar-refractivity contribution in [2.24, 2.45) is 5.41 Å². The van der Waals surface area contributed by atoms with Crippen LogP contribution < -0.4 is 0 Å². The maximum Gasteiger partial charge on any atom is 0.228 e. The van der Waals surface area contributed by atoms with Crippen LogP contribution in [0, 0.1) is 5.41 Å². The number of allylic oxidation sites excluding steroid dienone is 1. The predicted molar refractivity (Wildman–Crippen MR) is 68.1 cm³/mol. The summed E-state index contributed by atoms with van der Waals surface area (Å²) in [5, 5.41) is 9.50. The number of fused-ring (bicyclic) bond motifs is 1. The van der Waals surface area contributed by atoms with E-state index in [1.54, 1.807) is 0 Å². The zero-order valence-electron chi connectivity index (χ0n) is 11.0. The third kappa shape index (κ3) is 1.40. The SMILES string of the molecule is CC1OC2=C(C(=O)c3cc(O)ccc3C2=O)C1(C)C. The van der Waals surface area contributed by atoms with Crippen molar-refractivity contribution >= 4 is 11.6 Å². The monoisotopic (exact) mass is 258 g/mol. The molecule has 1 aromatic rings. The highest BCUT2D eigenvalue weighted by Crippen LogP contribution is 2.47. The van der Waals surface area contributed by atoms with Gasteiger partial charge < -0.3 is 9.84 Å². The molecule has 98 valence electrons. The van der Waals surface area contributed by atoms with Gasteiger partial charge in [0.15, 0.2) is 11.5 Å². The van der Waals surface area contributed by atoms with Crippen molar-refractivity contribution in [1.29, 1.82) is 0 Å². The minimum atomic E-state index is -0.509. The third-order valence-corrected chi connectivity index (χ3v) is 4.11. The van der Waals surface area contributed by atoms with E-state index in [1.807, 2.05) is 20.8 Å². The maximum atomic E-state index is 12.6. The van der Waals surface area contributed by atoms with Gasteiger partial charge in [0.2, 0.25) is 5.78 Å². The van der Waals surface area contributed by atoms with Crippen LogP contribution in [0.15, 0.2) is 29.5 Å². The quantitative estimate of drug-likeness (QED) is 0.776. The highest BCUT2D eigenvalue weighted by molar-refractivity contribution is 6.27. The van der Waals surface area contributed by atoms with Crippen LogP contribution in [0.3, 0.4) is 0 Å². The number of phenolic OH excluding ortho intramolecular Hbond substituents is 1. The molecule has 1 aliphatic heterocycles. The van der Waals surface area contributed by atoms with Crippen LogP contribution in [0.4, 0.5) is 0 Å². The van der Waals surface area contributed by atoms with Gasteiger partial charge in [-0.3, -0.25) is 9.59 Å². The standard InChI is InChI=1S/C15H14O4/c1-7-15(2,3)11-12(17)10-6-8(16)4-5-9(10)13(18)14(11)19-7/h4-7,16H,1-3H3. The summed E-state index contributed by atoms with van der Waals surface area (Å²) in [7, 11) is 0. The summed E-state index contributed by atoms with van der Waals surface area (Å²) in [6.45, 7) is 5.62. The largest absolute Gasteiger partial charge is 0.508 e. The van der Waals surface area contributed by atoms with Gasteiger partial charge in [0, 0.05) is 16.5 Å². The molecular formula is C15H14O4. The van der Waals surface area contributed by atoms with E-state index >= 15 is 0 Å². The lowest BCUT2D eigenvalue weighted by molar-refractivity contribution is 0.0722. The first-order valence-corrected chi connectivity index (χ1v) is 6.18. The molecule has 4 nitrogen and oxygen atoms in total. The van der Waals surface area contributed by atoms with Gasteiger partial charge in [-0.2, -0.15) is 0 Å². The molecule has 0 radical (unpaired) electrons. The summed E-state index contributed by atoms with van der Waals surface area (Å²) in [5.74, 6) is -0.355. The first-order chi connectivity index (χ1) is 8.84. The Kier molecular flexibility index (Phi) is 2.18. The summed E-state index contributed by atoms with van der Waals surface area (Å²) in [5.41, 5.74) is 0.467. The average molecular weight is 258 g/mol. The Morgan fingerprint density at radius 1 is 1.16 bits per heavy atom. The molecule has 0 saturated carbocycles. The van der Waals surface area contributed by atoms with Crippen molar-refractivity contribution < 1.29 is 19.4 Å². The zero-order chi connectivity index (χ0) is 13.9. The highest BCUT2D eigenvalue weighted by Gasteiger charge is 2.49. The van der Waals surface area contributed by atoms with Gasteiger partial charge in [-0.25, -0.2) is 0 Å². The number of ketones is 2. The van der Waals surface area contributed by atoms with Crippen LogP contribution in [0.5, 0.6) is 5.75 Å². The minimum absolute atomic E-state index is 0.0197. The second-order valence-electron chi connectivity index (χ2n) is 5.57. The lowest BCUT2D eigenvalue weighted by Crippen LogP contribution is -2.29. The number of hydrogen-bond acceptors (Lipinski definition) is 4. The number of aromatic hydroxyl groups is 1. The molecule has 0 amide bonds. The second-order valence-corrected chi connectivity index (χ2v) is 5.57. The normalized spacial score (nSPS) is 24.1. The molecule has 19 heavy (non-hydrogen) atoms. The Morgan fingerprint density at radius 3 is 2.53 bits per heavy atom. The van der Waals surface area contributed by atoms with Crippen molar-refractivity contribution in [1.82, 2.24) is 0 Å². The van der Waals surface area contributed by atoms with E-state index in [1.165, 1.54) is 18.2 Å². The number of benzene rings is 1. The van der Waals surface area contributed by atoms with Gasteiger partial charge in [-0.05, 0) is 25.1 Å². The molecule has 3 rings (SSSR count). The van der Waals surface area contributed by atoms with Crippen LogP contribution in [0.1, 0.15) is 41.5 Å². The Balaban J connectivity index is 2.26. The van der Waals surface area contributed by atoms with E-state index in [0.717, 1.165) is 0 Å². The first kappa shape index (κ1) is 12.0. The summed E-state index contributed by atoms with van der Waals surface area (Å²) in [6, 6.07) is 4.21. The number of carbonyl (C=O) groups excluding carboxylic acids is 2. The van der Waals surface area contributed by atoms with Gasteiger partial charge in [0.1, 0.15) is 11.9 Å². The number of hydrogen-bond donors (Lipinski definition) is 1. The lowest BCUT2D eigenvalue weighted by atomic mass is 9.74. The zero-order valence-corrected chi connectivity index (χ0v) is 11.0. The molecule has 1 heterocycles. The van der Waals surface area contributed by atoms with Crippen molar-refractivity contribution in [3.8, 4) is 5.75 Å². The van der Waals surface area contributed by atoms with Gasteiger partial charge in [0.25, 0.3) is 0 Å². The predicted octanol–water partition coefficient (Wildman–Crippen LogP) is 2.47. The van der Waals surface area contributed by atoms with Gasteiger partial charge in [-0.15, -0.1) is 0 Å². The van der Waals surface area contributed by atoms with E-state index in [0.29, 0.717) is 11.1 Å². The first-order valence-electron chi connectivity index (χ1n) is 6.18. The van der Waals surface area contributed by atoms with Gasteiger partial charge in [0.05, 0.1) is 5.57 Å². The Labute approximate surface area is 110 Å². The van der Waals surface area contributed by atoms with E-state index in [9.17, 15) is 14.7 Å². The topological polar surface area (TPSA) is 63.6 Å². The Morgan fingerprint density at radius 2 is 1.84 bits per heavy atom. The smallest absolute Gasteiger partial charge is 0.228 e. The van der Waals surface area contributed by atoms with Crippen molar-refractivity contribution in [3.05, 3.63) is 40.7 Å². The molecule has 1 N–H and O–H groups in total. The van der Waals surface area contributed by atoms with E-state index in [-0.39, 0.29) is 34.7 Å². The van der Waals surface area contributed by atoms with E-state index in [2.05, 4.69) is 0 Å². The van der Waals surface area contributed by atoms with Gasteiger partial charge >= 0.3 is 0 Å². The molecule has 1 unspecified atom stereocenters. The second kappa shape index (κ2) is 3.47. The van der Waals surface area contributed by atoms with Crippen LogP contribution in [-0.2, 0) is 4.74 Å². The molecule has 2 aliphatic rings. The summed E-state index contributed by atoms with van der Waals surface area (Å²) >= 11 is 0. The van der Waals surface area contributed by atoms with Crippen LogP contribution in [-0.4, -0.2) is 22.8 Å². The fraction of sp³-hybridized carbons (Fsp3) is 0.333. The molecular weight excluding hydrogens is 244 g/mol. The summed E-state index contributed by atoms with van der Waals surface area (Å²) in [4.78, 5) is 24.9. The number of Topliss-reactive ketones (excluding diaryl/α,β-unsaturated/α-hetero) is 2. The average Bonchev–Trinajstić information content (AvgIpc) is 2.58. The number of carbonyl (C=O) groups is 2. The molecule has 0 saturated heterocycles. The molecule has 0 bridgehead atoms. The Hall–Kier alpha value is -2.10. The molecule has 1 aromatic carbocycles. The number of rotatable bonds is 0. The third-order valence-electron chi connectivity index (χ3n) is 4.11. The minimum Gasteiger partial charge on any atom is -0.508 e. The number of phenols is 1. The van der Waals surface area contributed by atoms with Gasteiger partial charge in [-0.1, -0.05) is 13.8 Å². The molecule has 4 heteroatoms. The fourth-order valence-corrected chi connectivity index (χ4v) is 2.62. The van der Waals surface area contributed by atoms with Crippen molar-refractivity contribution in [2.75, 3.05) is 0 Å². The molecule has 0 aromatic heterocycles. The molecule has 0 fully saturated rings. The van der Waals surface area contributed by atoms with Crippen LogP contribution >= 0.6 is 0 Å². The van der Waals surface area contributed by atoms with E-state index in [4.69, 9.17) is 4.74 Å². The summed E-state index contributed by atoms with van der Waals surface area (Å²) < 4.78 is 5.60. The highest BCUT2D eigenvalue weighted by atomic mass is 16.5. The summed E-state index contributed by atoms with van der Waals surface area (Å²) in [6.07, 6.45) is -0.228. The molecule has 1 aliphatic carbocycles. The lowest BCUT2D eigenvalue weighted by Gasteiger charge is -2.25. The molecule has 0 spiro atoms. The number of ether oxygens (including phenoxy) is 1. The van der Waals surface area contributed by atoms with Crippen molar-refractivity contribution in [3.63, 3.8) is 0 Å². The van der Waals surface area contributed by atoms with E-state index < -0.39 is 5.41 Å². The molecule has 1 atom stereocenters. The Bertz CT molecular complexity index is 652. The van der Waals surface area contributed by atoms with Crippen LogP contribution in [0.2, 0.25) is 0 Å². The maximum absolute atomic E-state index is 12.6. The van der Waals surface area contributed by atoms with Crippen LogP contribution in [0.25, 0.3) is 0 Å².